The summed E-state index contributed by atoms with van der Waals surface area (Å²) in [5.74, 6) is 2.05. The monoisotopic (exact) mass is 248 g/mol. The topological polar surface area (TPSA) is 48.2 Å². The van der Waals surface area contributed by atoms with Gasteiger partial charge in [0.1, 0.15) is 11.6 Å². The summed E-state index contributed by atoms with van der Waals surface area (Å²) in [6.45, 7) is 1.91. The molecule has 0 bridgehead atoms. The first kappa shape index (κ1) is 11.2. The Hall–Kier alpha value is -1.91. The number of hydrogen-bond donors (Lipinski definition) is 0. The summed E-state index contributed by atoms with van der Waals surface area (Å²) in [6.07, 6.45) is 2.27. The predicted octanol–water partition coefficient (Wildman–Crippen LogP) is 2.97. The quantitative estimate of drug-likeness (QED) is 0.834. The smallest absolute Gasteiger partial charge is 0.264 e. The Kier molecular flexibility index (Phi) is 2.74. The highest BCUT2D eigenvalue weighted by molar-refractivity contribution is 5.28. The van der Waals surface area contributed by atoms with Crippen molar-refractivity contribution in [2.75, 3.05) is 0 Å². The van der Waals surface area contributed by atoms with Crippen LogP contribution in [0.4, 0.5) is 4.39 Å². The molecule has 0 N–H and O–H groups in total. The third kappa shape index (κ3) is 2.34. The van der Waals surface area contributed by atoms with Crippen LogP contribution in [-0.2, 0) is 6.61 Å². The van der Waals surface area contributed by atoms with Crippen LogP contribution in [0.2, 0.25) is 0 Å². The van der Waals surface area contributed by atoms with Crippen molar-refractivity contribution in [3.05, 3.63) is 41.3 Å². The zero-order valence-electron chi connectivity index (χ0n) is 10.0. The number of rotatable bonds is 4. The van der Waals surface area contributed by atoms with Crippen LogP contribution in [0, 0.1) is 12.7 Å². The molecule has 1 aliphatic carbocycles. The Labute approximate surface area is 104 Å². The van der Waals surface area contributed by atoms with Crippen LogP contribution in [0.5, 0.6) is 5.75 Å². The highest BCUT2D eigenvalue weighted by Crippen LogP contribution is 2.38. The summed E-state index contributed by atoms with van der Waals surface area (Å²) < 4.78 is 23.6. The molecule has 0 radical (unpaired) electrons. The SMILES string of the molecule is Cc1cc(OCc2nc(C3CC3)no2)ccc1F. The van der Waals surface area contributed by atoms with Gasteiger partial charge in [0.25, 0.3) is 5.89 Å². The van der Waals surface area contributed by atoms with E-state index in [2.05, 4.69) is 10.1 Å². The predicted molar refractivity (Wildman–Crippen MR) is 61.7 cm³/mol. The number of aromatic nitrogens is 2. The third-order valence-corrected chi connectivity index (χ3v) is 2.92. The van der Waals surface area contributed by atoms with Gasteiger partial charge in [0.15, 0.2) is 12.4 Å². The second-order valence-electron chi connectivity index (χ2n) is 4.52. The normalized spacial score (nSPS) is 14.8. The number of aryl methyl sites for hydroxylation is 1. The summed E-state index contributed by atoms with van der Waals surface area (Å²) in [5.41, 5.74) is 0.552. The van der Waals surface area contributed by atoms with E-state index < -0.39 is 0 Å². The van der Waals surface area contributed by atoms with E-state index in [0.29, 0.717) is 23.1 Å². The van der Waals surface area contributed by atoms with Crippen LogP contribution in [0.3, 0.4) is 0 Å². The summed E-state index contributed by atoms with van der Waals surface area (Å²) >= 11 is 0. The lowest BCUT2D eigenvalue weighted by molar-refractivity contribution is 0.242. The summed E-state index contributed by atoms with van der Waals surface area (Å²) in [6, 6.07) is 4.61. The van der Waals surface area contributed by atoms with E-state index in [1.807, 2.05) is 0 Å². The Morgan fingerprint density at radius 2 is 2.28 bits per heavy atom. The summed E-state index contributed by atoms with van der Waals surface area (Å²) in [5, 5.41) is 3.90. The number of hydrogen-bond acceptors (Lipinski definition) is 4. The Morgan fingerprint density at radius 3 is 3.00 bits per heavy atom. The number of nitrogens with zero attached hydrogens (tertiary/aromatic N) is 2. The molecule has 1 saturated carbocycles. The molecule has 18 heavy (non-hydrogen) atoms. The van der Waals surface area contributed by atoms with Crippen molar-refractivity contribution in [2.24, 2.45) is 0 Å². The first-order valence-corrected chi connectivity index (χ1v) is 5.94. The maximum absolute atomic E-state index is 13.1. The molecule has 1 fully saturated rings. The van der Waals surface area contributed by atoms with Crippen LogP contribution in [-0.4, -0.2) is 10.1 Å². The molecule has 0 amide bonds. The molecule has 2 aromatic rings. The lowest BCUT2D eigenvalue weighted by Crippen LogP contribution is -1.97. The molecule has 94 valence electrons. The van der Waals surface area contributed by atoms with Gasteiger partial charge >= 0.3 is 0 Å². The maximum Gasteiger partial charge on any atom is 0.264 e. The number of halogens is 1. The van der Waals surface area contributed by atoms with E-state index in [1.165, 1.54) is 6.07 Å². The highest BCUT2D eigenvalue weighted by atomic mass is 19.1. The van der Waals surface area contributed by atoms with Crippen LogP contribution < -0.4 is 4.74 Å². The van der Waals surface area contributed by atoms with Gasteiger partial charge in [-0.05, 0) is 43.5 Å². The molecule has 1 aromatic carbocycles. The van der Waals surface area contributed by atoms with Crippen molar-refractivity contribution in [2.45, 2.75) is 32.3 Å². The van der Waals surface area contributed by atoms with E-state index in [-0.39, 0.29) is 12.4 Å². The second kappa shape index (κ2) is 4.40. The lowest BCUT2D eigenvalue weighted by Gasteiger charge is -2.04. The Morgan fingerprint density at radius 1 is 1.44 bits per heavy atom. The molecule has 0 aliphatic heterocycles. The van der Waals surface area contributed by atoms with Gasteiger partial charge in [0.05, 0.1) is 0 Å². The fourth-order valence-electron chi connectivity index (χ4n) is 1.69. The fourth-order valence-corrected chi connectivity index (χ4v) is 1.69. The average molecular weight is 248 g/mol. The first-order chi connectivity index (χ1) is 8.72. The molecule has 1 aliphatic rings. The molecular formula is C13H13FN2O2. The minimum Gasteiger partial charge on any atom is -0.484 e. The molecule has 4 nitrogen and oxygen atoms in total. The molecular weight excluding hydrogens is 235 g/mol. The van der Waals surface area contributed by atoms with Gasteiger partial charge in [-0.15, -0.1) is 0 Å². The van der Waals surface area contributed by atoms with Crippen LogP contribution >= 0.6 is 0 Å². The van der Waals surface area contributed by atoms with E-state index in [0.717, 1.165) is 18.7 Å². The van der Waals surface area contributed by atoms with E-state index in [1.54, 1.807) is 19.1 Å². The molecule has 3 rings (SSSR count). The zero-order valence-corrected chi connectivity index (χ0v) is 10.0. The van der Waals surface area contributed by atoms with Crippen molar-refractivity contribution < 1.29 is 13.7 Å². The average Bonchev–Trinajstić information content (AvgIpc) is 3.11. The Bertz CT molecular complexity index is 564. The minimum atomic E-state index is -0.240. The second-order valence-corrected chi connectivity index (χ2v) is 4.52. The van der Waals surface area contributed by atoms with Gasteiger partial charge in [-0.3, -0.25) is 0 Å². The number of ether oxygens (including phenoxy) is 1. The molecule has 1 aromatic heterocycles. The van der Waals surface area contributed by atoms with Crippen molar-refractivity contribution in [1.82, 2.24) is 10.1 Å². The van der Waals surface area contributed by atoms with Crippen molar-refractivity contribution >= 4 is 0 Å². The van der Waals surface area contributed by atoms with Crippen molar-refractivity contribution in [1.29, 1.82) is 0 Å². The first-order valence-electron chi connectivity index (χ1n) is 5.94. The van der Waals surface area contributed by atoms with Crippen LogP contribution in [0.25, 0.3) is 0 Å². The fraction of sp³-hybridized carbons (Fsp3) is 0.385. The summed E-state index contributed by atoms with van der Waals surface area (Å²) in [7, 11) is 0. The van der Waals surface area contributed by atoms with E-state index >= 15 is 0 Å². The van der Waals surface area contributed by atoms with Crippen LogP contribution in [0.15, 0.2) is 22.7 Å². The zero-order chi connectivity index (χ0) is 12.5. The van der Waals surface area contributed by atoms with Crippen molar-refractivity contribution in [3.8, 4) is 5.75 Å². The third-order valence-electron chi connectivity index (χ3n) is 2.92. The van der Waals surface area contributed by atoms with Gasteiger partial charge in [0, 0.05) is 5.92 Å². The largest absolute Gasteiger partial charge is 0.484 e. The van der Waals surface area contributed by atoms with Gasteiger partial charge in [-0.1, -0.05) is 5.16 Å². The maximum atomic E-state index is 13.1. The van der Waals surface area contributed by atoms with Gasteiger partial charge in [0.2, 0.25) is 0 Å². The number of benzene rings is 1. The molecule has 0 spiro atoms. The standard InChI is InChI=1S/C13H13FN2O2/c1-8-6-10(4-5-11(8)14)17-7-12-15-13(16-18-12)9-2-3-9/h4-6,9H,2-3,7H2,1H3. The lowest BCUT2D eigenvalue weighted by atomic mass is 10.2. The molecule has 5 heteroatoms. The van der Waals surface area contributed by atoms with E-state index in [4.69, 9.17) is 9.26 Å². The van der Waals surface area contributed by atoms with Gasteiger partial charge < -0.3 is 9.26 Å². The minimum absolute atomic E-state index is 0.213. The highest BCUT2D eigenvalue weighted by Gasteiger charge is 2.28. The molecule has 0 atom stereocenters. The summed E-state index contributed by atoms with van der Waals surface area (Å²) in [4.78, 5) is 4.25. The van der Waals surface area contributed by atoms with Crippen LogP contribution in [0.1, 0.15) is 36.0 Å². The van der Waals surface area contributed by atoms with E-state index in [9.17, 15) is 4.39 Å². The van der Waals surface area contributed by atoms with Gasteiger partial charge in [-0.25, -0.2) is 4.39 Å². The van der Waals surface area contributed by atoms with Gasteiger partial charge in [-0.2, -0.15) is 4.98 Å². The molecule has 0 unspecified atom stereocenters. The molecule has 0 saturated heterocycles. The molecule has 1 heterocycles. The van der Waals surface area contributed by atoms with Crippen molar-refractivity contribution in [3.63, 3.8) is 0 Å². The Balaban J connectivity index is 1.63.